The number of hydrogen-bond donors (Lipinski definition) is 1. The zero-order valence-corrected chi connectivity index (χ0v) is 13.6. The van der Waals surface area contributed by atoms with Gasteiger partial charge in [-0.2, -0.15) is 0 Å². The van der Waals surface area contributed by atoms with Crippen molar-refractivity contribution in [3.63, 3.8) is 0 Å². The smallest absolute Gasteiger partial charge is 0.266 e. The van der Waals surface area contributed by atoms with Crippen molar-refractivity contribution >= 4 is 17.5 Å². The van der Waals surface area contributed by atoms with Crippen LogP contribution >= 0.6 is 11.6 Å². The number of aromatic amines is 1. The van der Waals surface area contributed by atoms with E-state index in [4.69, 9.17) is 11.6 Å². The zero-order valence-electron chi connectivity index (χ0n) is 12.8. The monoisotopic (exact) mass is 322 g/mol. The van der Waals surface area contributed by atoms with E-state index >= 15 is 0 Å². The predicted octanol–water partition coefficient (Wildman–Crippen LogP) is 3.60. The third-order valence-electron chi connectivity index (χ3n) is 5.07. The molecule has 1 amide bonds. The average molecular weight is 323 g/mol. The van der Waals surface area contributed by atoms with E-state index < -0.39 is 0 Å². The number of H-pyrrole nitrogens is 1. The molecule has 1 saturated heterocycles. The van der Waals surface area contributed by atoms with E-state index in [0.717, 1.165) is 31.7 Å². The fourth-order valence-corrected chi connectivity index (χ4v) is 4.07. The van der Waals surface area contributed by atoms with Gasteiger partial charge in [-0.25, -0.2) is 0 Å². The van der Waals surface area contributed by atoms with E-state index in [-0.39, 0.29) is 16.5 Å². The second-order valence-corrected chi connectivity index (χ2v) is 7.01. The Morgan fingerprint density at radius 2 is 2.00 bits per heavy atom. The SMILES string of the molecule is O=C(c1c[nH]c(=O)c(Cl)c1)N1CCCC1CC1CCCCC1. The first kappa shape index (κ1) is 15.6. The van der Waals surface area contributed by atoms with Crippen molar-refractivity contribution in [2.75, 3.05) is 6.54 Å². The summed E-state index contributed by atoms with van der Waals surface area (Å²) in [5.41, 5.74) is 0.138. The number of carbonyl (C=O) groups excluding carboxylic acids is 1. The maximum absolute atomic E-state index is 12.7. The Morgan fingerprint density at radius 1 is 1.23 bits per heavy atom. The summed E-state index contributed by atoms with van der Waals surface area (Å²) in [5, 5.41) is 0.0777. The van der Waals surface area contributed by atoms with Crippen molar-refractivity contribution in [2.24, 2.45) is 5.92 Å². The summed E-state index contributed by atoms with van der Waals surface area (Å²) in [6.45, 7) is 0.812. The third kappa shape index (κ3) is 3.37. The first-order valence-electron chi connectivity index (χ1n) is 8.34. The molecule has 1 atom stereocenters. The Labute approximate surface area is 135 Å². The molecule has 5 heteroatoms. The van der Waals surface area contributed by atoms with Crippen LogP contribution in [0.25, 0.3) is 0 Å². The number of pyridine rings is 1. The lowest BCUT2D eigenvalue weighted by Gasteiger charge is -2.30. The van der Waals surface area contributed by atoms with E-state index in [1.807, 2.05) is 4.90 Å². The molecular formula is C17H23ClN2O2. The van der Waals surface area contributed by atoms with E-state index in [0.29, 0.717) is 11.6 Å². The minimum absolute atomic E-state index is 0.00328. The van der Waals surface area contributed by atoms with Crippen LogP contribution in [0.4, 0.5) is 0 Å². The first-order chi connectivity index (χ1) is 10.6. The second-order valence-electron chi connectivity index (χ2n) is 6.60. The molecule has 2 fully saturated rings. The number of likely N-dealkylation sites (tertiary alicyclic amines) is 1. The lowest BCUT2D eigenvalue weighted by Crippen LogP contribution is -2.37. The van der Waals surface area contributed by atoms with Crippen molar-refractivity contribution in [3.05, 3.63) is 33.2 Å². The molecule has 0 bridgehead atoms. The van der Waals surface area contributed by atoms with Crippen LogP contribution in [0.1, 0.15) is 61.7 Å². The molecule has 1 saturated carbocycles. The van der Waals surface area contributed by atoms with E-state index in [9.17, 15) is 9.59 Å². The van der Waals surface area contributed by atoms with Gasteiger partial charge < -0.3 is 9.88 Å². The van der Waals surface area contributed by atoms with Crippen molar-refractivity contribution in [2.45, 2.75) is 57.4 Å². The maximum atomic E-state index is 12.7. The minimum atomic E-state index is -0.349. The van der Waals surface area contributed by atoms with Crippen LogP contribution in [0.3, 0.4) is 0 Å². The topological polar surface area (TPSA) is 53.2 Å². The molecule has 1 aromatic rings. The summed E-state index contributed by atoms with van der Waals surface area (Å²) in [4.78, 5) is 28.6. The number of halogens is 1. The Kier molecular flexibility index (Phi) is 4.87. The Balaban J connectivity index is 1.70. The van der Waals surface area contributed by atoms with E-state index in [2.05, 4.69) is 4.98 Å². The fraction of sp³-hybridized carbons (Fsp3) is 0.647. The highest BCUT2D eigenvalue weighted by Gasteiger charge is 2.31. The fourth-order valence-electron chi connectivity index (χ4n) is 3.90. The van der Waals surface area contributed by atoms with Gasteiger partial charge in [0, 0.05) is 18.8 Å². The Hall–Kier alpha value is -1.29. The molecule has 120 valence electrons. The van der Waals surface area contributed by atoms with Gasteiger partial charge >= 0.3 is 0 Å². The van der Waals surface area contributed by atoms with Crippen molar-refractivity contribution in [1.29, 1.82) is 0 Å². The summed E-state index contributed by atoms with van der Waals surface area (Å²) in [5.74, 6) is 0.766. The second kappa shape index (κ2) is 6.86. The lowest BCUT2D eigenvalue weighted by atomic mass is 9.84. The molecule has 2 aliphatic rings. The molecule has 1 aliphatic heterocycles. The number of amides is 1. The van der Waals surface area contributed by atoms with Gasteiger partial charge in [0.15, 0.2) is 0 Å². The molecule has 2 heterocycles. The van der Waals surface area contributed by atoms with E-state index in [1.165, 1.54) is 44.4 Å². The summed E-state index contributed by atoms with van der Waals surface area (Å²) < 4.78 is 0. The summed E-state index contributed by atoms with van der Waals surface area (Å²) in [6.07, 6.45) is 11.4. The summed E-state index contributed by atoms with van der Waals surface area (Å²) in [6, 6.07) is 1.83. The lowest BCUT2D eigenvalue weighted by molar-refractivity contribution is 0.0711. The van der Waals surface area contributed by atoms with Crippen LogP contribution in [0.5, 0.6) is 0 Å². The summed E-state index contributed by atoms with van der Waals surface area (Å²) >= 11 is 5.84. The molecule has 0 spiro atoms. The zero-order chi connectivity index (χ0) is 15.5. The van der Waals surface area contributed by atoms with Gasteiger partial charge in [0.05, 0.1) is 5.56 Å². The number of carbonyl (C=O) groups is 1. The van der Waals surface area contributed by atoms with Crippen LogP contribution in [0.15, 0.2) is 17.1 Å². The maximum Gasteiger partial charge on any atom is 0.266 e. The van der Waals surface area contributed by atoms with Crippen LogP contribution in [-0.4, -0.2) is 28.4 Å². The van der Waals surface area contributed by atoms with Crippen LogP contribution in [0, 0.1) is 5.92 Å². The molecule has 1 aliphatic carbocycles. The van der Waals surface area contributed by atoms with Crippen LogP contribution in [0.2, 0.25) is 5.02 Å². The highest BCUT2D eigenvalue weighted by atomic mass is 35.5. The van der Waals surface area contributed by atoms with Gasteiger partial charge in [-0.3, -0.25) is 9.59 Å². The van der Waals surface area contributed by atoms with Crippen molar-refractivity contribution in [3.8, 4) is 0 Å². The van der Waals surface area contributed by atoms with Gasteiger partial charge in [0.25, 0.3) is 11.5 Å². The highest BCUT2D eigenvalue weighted by molar-refractivity contribution is 6.30. The molecular weight excluding hydrogens is 300 g/mol. The van der Waals surface area contributed by atoms with Crippen molar-refractivity contribution in [1.82, 2.24) is 9.88 Å². The number of rotatable bonds is 3. The normalized spacial score (nSPS) is 23.0. The molecule has 1 aromatic heterocycles. The summed E-state index contributed by atoms with van der Waals surface area (Å²) in [7, 11) is 0. The van der Waals surface area contributed by atoms with Gasteiger partial charge in [-0.1, -0.05) is 43.7 Å². The number of aromatic nitrogens is 1. The first-order valence-corrected chi connectivity index (χ1v) is 8.72. The quantitative estimate of drug-likeness (QED) is 0.924. The number of nitrogens with zero attached hydrogens (tertiary/aromatic N) is 1. The molecule has 22 heavy (non-hydrogen) atoms. The Morgan fingerprint density at radius 3 is 2.73 bits per heavy atom. The van der Waals surface area contributed by atoms with Gasteiger partial charge in [-0.15, -0.1) is 0 Å². The highest BCUT2D eigenvalue weighted by Crippen LogP contribution is 2.32. The van der Waals surface area contributed by atoms with Gasteiger partial charge in [0.2, 0.25) is 0 Å². The van der Waals surface area contributed by atoms with Gasteiger partial charge in [0.1, 0.15) is 5.02 Å². The number of nitrogens with one attached hydrogen (secondary N) is 1. The molecule has 3 rings (SSSR count). The standard InChI is InChI=1S/C17H23ClN2O2/c18-15-10-13(11-19-16(15)21)17(22)20-8-4-7-14(20)9-12-5-2-1-3-6-12/h10-12,14H,1-9H2,(H,19,21). The molecule has 4 nitrogen and oxygen atoms in total. The van der Waals surface area contributed by atoms with Crippen LogP contribution < -0.4 is 5.56 Å². The largest absolute Gasteiger partial charge is 0.336 e. The Bertz CT molecular complexity index is 593. The van der Waals surface area contributed by atoms with Crippen LogP contribution in [-0.2, 0) is 0 Å². The molecule has 1 unspecified atom stereocenters. The molecule has 0 aromatic carbocycles. The van der Waals surface area contributed by atoms with Gasteiger partial charge in [-0.05, 0) is 31.2 Å². The molecule has 1 N–H and O–H groups in total. The van der Waals surface area contributed by atoms with E-state index in [1.54, 1.807) is 0 Å². The predicted molar refractivity (Wildman–Crippen MR) is 87.3 cm³/mol. The third-order valence-corrected chi connectivity index (χ3v) is 5.35. The molecule has 0 radical (unpaired) electrons. The number of hydrogen-bond acceptors (Lipinski definition) is 2. The van der Waals surface area contributed by atoms with Crippen molar-refractivity contribution < 1.29 is 4.79 Å². The average Bonchev–Trinajstić information content (AvgIpc) is 2.98. The minimum Gasteiger partial charge on any atom is -0.336 e.